The molecule has 1 amide bonds. The highest BCUT2D eigenvalue weighted by molar-refractivity contribution is 5.73. The fourth-order valence-corrected chi connectivity index (χ4v) is 1.96. The molecule has 0 aliphatic carbocycles. The fourth-order valence-electron chi connectivity index (χ4n) is 1.96. The summed E-state index contributed by atoms with van der Waals surface area (Å²) in [5, 5.41) is 13.2. The Balaban J connectivity index is 2.39. The van der Waals surface area contributed by atoms with E-state index in [1.807, 2.05) is 18.2 Å². The van der Waals surface area contributed by atoms with Crippen LogP contribution in [0, 0.1) is 0 Å². The Kier molecular flexibility index (Phi) is 6.22. The van der Waals surface area contributed by atoms with E-state index in [4.69, 9.17) is 5.73 Å². The highest BCUT2D eigenvalue weighted by Crippen LogP contribution is 2.25. The molecule has 0 saturated carbocycles. The molecular weight excluding hydrogens is 228 g/mol. The van der Waals surface area contributed by atoms with Crippen LogP contribution in [0.25, 0.3) is 0 Å². The van der Waals surface area contributed by atoms with Gasteiger partial charge in [-0.2, -0.15) is 0 Å². The number of hydrogen-bond acceptors (Lipinski definition) is 3. The molecule has 1 atom stereocenters. The van der Waals surface area contributed by atoms with Gasteiger partial charge in [0, 0.05) is 18.0 Å². The summed E-state index contributed by atoms with van der Waals surface area (Å²) in [5.41, 5.74) is 6.01. The Morgan fingerprint density at radius 2 is 2.11 bits per heavy atom. The standard InChI is InChI=1S/C14H22N2O2/c1-2-12(11-7-3-4-8-13(11)17)16-10-6-5-9-14(15)18/h3-4,7-8,12,16-17H,2,5-6,9-10H2,1H3,(H2,15,18). The molecule has 0 heterocycles. The highest BCUT2D eigenvalue weighted by atomic mass is 16.3. The predicted molar refractivity (Wildman–Crippen MR) is 72.2 cm³/mol. The number of rotatable bonds is 8. The maximum absolute atomic E-state index is 10.6. The van der Waals surface area contributed by atoms with Crippen LogP contribution in [0.5, 0.6) is 5.75 Å². The van der Waals surface area contributed by atoms with E-state index in [1.165, 1.54) is 0 Å². The molecule has 100 valence electrons. The summed E-state index contributed by atoms with van der Waals surface area (Å²) in [6, 6.07) is 7.53. The minimum Gasteiger partial charge on any atom is -0.508 e. The number of phenols is 1. The van der Waals surface area contributed by atoms with Gasteiger partial charge >= 0.3 is 0 Å². The van der Waals surface area contributed by atoms with Crippen molar-refractivity contribution in [3.05, 3.63) is 29.8 Å². The molecule has 4 heteroatoms. The maximum Gasteiger partial charge on any atom is 0.217 e. The SMILES string of the molecule is CCC(NCCCCC(N)=O)c1ccccc1O. The average Bonchev–Trinajstić information content (AvgIpc) is 2.35. The molecule has 0 saturated heterocycles. The summed E-state index contributed by atoms with van der Waals surface area (Å²) in [6.45, 7) is 2.90. The minimum absolute atomic E-state index is 0.153. The molecule has 18 heavy (non-hydrogen) atoms. The maximum atomic E-state index is 10.6. The van der Waals surface area contributed by atoms with Gasteiger partial charge in [0.1, 0.15) is 5.75 Å². The zero-order valence-corrected chi connectivity index (χ0v) is 10.9. The monoisotopic (exact) mass is 250 g/mol. The van der Waals surface area contributed by atoms with Crippen molar-refractivity contribution in [1.29, 1.82) is 0 Å². The van der Waals surface area contributed by atoms with Crippen LogP contribution in [0.3, 0.4) is 0 Å². The predicted octanol–water partition coefficient (Wildman–Crippen LogP) is 2.09. The number of carbonyl (C=O) groups excluding carboxylic acids is 1. The number of primary amides is 1. The van der Waals surface area contributed by atoms with Gasteiger partial charge in [-0.1, -0.05) is 25.1 Å². The van der Waals surface area contributed by atoms with Gasteiger partial charge in [0.05, 0.1) is 0 Å². The Hall–Kier alpha value is -1.55. The van der Waals surface area contributed by atoms with Crippen LogP contribution >= 0.6 is 0 Å². The van der Waals surface area contributed by atoms with Gasteiger partial charge in [-0.3, -0.25) is 4.79 Å². The lowest BCUT2D eigenvalue weighted by molar-refractivity contribution is -0.118. The number of aromatic hydroxyl groups is 1. The first-order valence-corrected chi connectivity index (χ1v) is 6.44. The molecule has 0 fully saturated rings. The molecule has 4 nitrogen and oxygen atoms in total. The zero-order chi connectivity index (χ0) is 13.4. The van der Waals surface area contributed by atoms with Crippen molar-refractivity contribution < 1.29 is 9.90 Å². The first-order valence-electron chi connectivity index (χ1n) is 6.44. The molecular formula is C14H22N2O2. The third-order valence-electron chi connectivity index (χ3n) is 2.96. The van der Waals surface area contributed by atoms with E-state index in [0.717, 1.165) is 31.4 Å². The van der Waals surface area contributed by atoms with Crippen LogP contribution in [0.2, 0.25) is 0 Å². The molecule has 1 unspecified atom stereocenters. The third kappa shape index (κ3) is 4.75. The van der Waals surface area contributed by atoms with Crippen LogP contribution in [0.1, 0.15) is 44.2 Å². The second-order valence-corrected chi connectivity index (χ2v) is 4.40. The summed E-state index contributed by atoms with van der Waals surface area (Å²) in [6.07, 6.45) is 3.06. The minimum atomic E-state index is -0.247. The zero-order valence-electron chi connectivity index (χ0n) is 10.9. The molecule has 1 aromatic carbocycles. The van der Waals surface area contributed by atoms with Crippen LogP contribution in [0.15, 0.2) is 24.3 Å². The van der Waals surface area contributed by atoms with Crippen LogP contribution in [0.4, 0.5) is 0 Å². The number of carbonyl (C=O) groups is 1. The summed E-state index contributed by atoms with van der Waals surface area (Å²) < 4.78 is 0. The number of amides is 1. The number of benzene rings is 1. The van der Waals surface area contributed by atoms with Gasteiger partial charge in [0.2, 0.25) is 5.91 Å². The number of nitrogens with one attached hydrogen (secondary N) is 1. The Morgan fingerprint density at radius 1 is 1.39 bits per heavy atom. The number of nitrogens with two attached hydrogens (primary N) is 1. The molecule has 0 spiro atoms. The number of phenolic OH excluding ortho intramolecular Hbond substituents is 1. The second-order valence-electron chi connectivity index (χ2n) is 4.40. The normalized spacial score (nSPS) is 12.3. The number of hydrogen-bond donors (Lipinski definition) is 3. The molecule has 0 bridgehead atoms. The highest BCUT2D eigenvalue weighted by Gasteiger charge is 2.11. The van der Waals surface area contributed by atoms with Crippen LogP contribution in [-0.2, 0) is 4.79 Å². The first-order chi connectivity index (χ1) is 8.65. The van der Waals surface area contributed by atoms with Gasteiger partial charge in [-0.15, -0.1) is 0 Å². The van der Waals surface area contributed by atoms with Crippen LogP contribution in [-0.4, -0.2) is 17.6 Å². The van der Waals surface area contributed by atoms with E-state index in [-0.39, 0.29) is 11.9 Å². The lowest BCUT2D eigenvalue weighted by Gasteiger charge is -2.18. The van der Waals surface area contributed by atoms with Crippen molar-refractivity contribution in [1.82, 2.24) is 5.32 Å². The van der Waals surface area contributed by atoms with Crippen molar-refractivity contribution in [2.45, 2.75) is 38.6 Å². The average molecular weight is 250 g/mol. The first kappa shape index (κ1) is 14.5. The summed E-state index contributed by atoms with van der Waals surface area (Å²) in [7, 11) is 0. The second kappa shape index (κ2) is 7.71. The van der Waals surface area contributed by atoms with Gasteiger partial charge in [0.25, 0.3) is 0 Å². The van der Waals surface area contributed by atoms with Crippen molar-refractivity contribution >= 4 is 5.91 Å². The molecule has 0 aromatic heterocycles. The summed E-state index contributed by atoms with van der Waals surface area (Å²) >= 11 is 0. The van der Waals surface area contributed by atoms with Crippen molar-refractivity contribution in [3.63, 3.8) is 0 Å². The van der Waals surface area contributed by atoms with E-state index >= 15 is 0 Å². The molecule has 1 aromatic rings. The lowest BCUT2D eigenvalue weighted by atomic mass is 10.0. The fraction of sp³-hybridized carbons (Fsp3) is 0.500. The van der Waals surface area contributed by atoms with E-state index in [1.54, 1.807) is 6.07 Å². The quantitative estimate of drug-likeness (QED) is 0.618. The van der Waals surface area contributed by atoms with E-state index < -0.39 is 0 Å². The van der Waals surface area contributed by atoms with Gasteiger partial charge < -0.3 is 16.2 Å². The van der Waals surface area contributed by atoms with Crippen molar-refractivity contribution in [3.8, 4) is 5.75 Å². The summed E-state index contributed by atoms with van der Waals surface area (Å²) in [5.74, 6) is 0.0803. The topological polar surface area (TPSA) is 75.3 Å². The van der Waals surface area contributed by atoms with Gasteiger partial charge in [-0.25, -0.2) is 0 Å². The van der Waals surface area contributed by atoms with Crippen molar-refractivity contribution in [2.24, 2.45) is 5.73 Å². The summed E-state index contributed by atoms with van der Waals surface area (Å²) in [4.78, 5) is 10.6. The molecule has 0 aliphatic rings. The third-order valence-corrected chi connectivity index (χ3v) is 2.96. The number of unbranched alkanes of at least 4 members (excludes halogenated alkanes) is 1. The lowest BCUT2D eigenvalue weighted by Crippen LogP contribution is -2.22. The van der Waals surface area contributed by atoms with Gasteiger partial charge in [-0.05, 0) is 31.9 Å². The Morgan fingerprint density at radius 3 is 2.72 bits per heavy atom. The van der Waals surface area contributed by atoms with Crippen molar-refractivity contribution in [2.75, 3.05) is 6.54 Å². The van der Waals surface area contributed by atoms with Gasteiger partial charge in [0.15, 0.2) is 0 Å². The molecule has 4 N–H and O–H groups in total. The Labute approximate surface area is 108 Å². The molecule has 0 aliphatic heterocycles. The van der Waals surface area contributed by atoms with E-state index in [9.17, 15) is 9.90 Å². The largest absolute Gasteiger partial charge is 0.508 e. The number of para-hydroxylation sites is 1. The Bertz CT molecular complexity index is 380. The molecule has 0 radical (unpaired) electrons. The smallest absolute Gasteiger partial charge is 0.217 e. The van der Waals surface area contributed by atoms with E-state index in [0.29, 0.717) is 12.2 Å². The van der Waals surface area contributed by atoms with E-state index in [2.05, 4.69) is 12.2 Å². The van der Waals surface area contributed by atoms with Crippen LogP contribution < -0.4 is 11.1 Å². The molecule has 1 rings (SSSR count).